The van der Waals surface area contributed by atoms with Gasteiger partial charge in [-0.2, -0.15) is 0 Å². The third kappa shape index (κ3) is 2.39. The van der Waals surface area contributed by atoms with Crippen molar-refractivity contribution in [1.82, 2.24) is 4.40 Å². The summed E-state index contributed by atoms with van der Waals surface area (Å²) in [6.07, 6.45) is 4.92. The van der Waals surface area contributed by atoms with E-state index in [4.69, 9.17) is 4.74 Å². The maximum atomic E-state index is 11.6. The van der Waals surface area contributed by atoms with Gasteiger partial charge in [-0.05, 0) is 42.3 Å². The summed E-state index contributed by atoms with van der Waals surface area (Å²) in [5.41, 5.74) is 4.80. The molecule has 0 N–H and O–H groups in total. The molecule has 0 spiro atoms. The minimum Gasteiger partial charge on any atom is -0.496 e. The van der Waals surface area contributed by atoms with Crippen molar-refractivity contribution in [2.45, 2.75) is 19.8 Å². The van der Waals surface area contributed by atoms with Gasteiger partial charge in [0, 0.05) is 22.8 Å². The van der Waals surface area contributed by atoms with Gasteiger partial charge in [-0.1, -0.05) is 25.5 Å². The summed E-state index contributed by atoms with van der Waals surface area (Å²) < 4.78 is 7.41. The van der Waals surface area contributed by atoms with Crippen LogP contribution in [0.15, 0.2) is 48.7 Å². The number of ether oxygens (including phenoxy) is 1. The smallest absolute Gasteiger partial charge is 0.167 e. The highest BCUT2D eigenvalue weighted by Crippen LogP contribution is 2.35. The molecule has 0 aliphatic heterocycles. The summed E-state index contributed by atoms with van der Waals surface area (Å²) in [4.78, 5) is 11.6. The van der Waals surface area contributed by atoms with Gasteiger partial charge in [0.1, 0.15) is 5.75 Å². The normalized spacial score (nSPS) is 10.8. The van der Waals surface area contributed by atoms with Gasteiger partial charge >= 0.3 is 0 Å². The number of hydrogen-bond acceptors (Lipinski definition) is 2. The predicted molar refractivity (Wildman–Crippen MR) is 88.8 cm³/mol. The van der Waals surface area contributed by atoms with Crippen LogP contribution in [0, 0.1) is 0 Å². The summed E-state index contributed by atoms with van der Waals surface area (Å²) >= 11 is 0. The van der Waals surface area contributed by atoms with Crippen molar-refractivity contribution in [3.8, 4) is 16.9 Å². The topological polar surface area (TPSA) is 30.7 Å². The molecule has 2 aromatic heterocycles. The lowest BCUT2D eigenvalue weighted by atomic mass is 10.00. The number of carbonyl (C=O) groups is 1. The zero-order valence-electron chi connectivity index (χ0n) is 12.9. The van der Waals surface area contributed by atoms with Gasteiger partial charge in [-0.3, -0.25) is 4.79 Å². The van der Waals surface area contributed by atoms with Crippen LogP contribution in [-0.2, 0) is 6.42 Å². The molecule has 3 aromatic rings. The summed E-state index contributed by atoms with van der Waals surface area (Å²) in [6, 6.07) is 14.1. The molecule has 0 saturated carbocycles. The molecule has 1 aromatic carbocycles. The van der Waals surface area contributed by atoms with Gasteiger partial charge < -0.3 is 9.14 Å². The first-order valence-electron chi connectivity index (χ1n) is 7.51. The standard InChI is InChI=1S/C19H19NO2/c1-3-6-14-8-9-19(22-2)17(11-14)16-12-15-7-4-5-10-20(15)18(16)13-21/h4-5,7-13H,3,6H2,1-2H3. The molecule has 0 saturated heterocycles. The largest absolute Gasteiger partial charge is 0.496 e. The number of carbonyl (C=O) groups excluding carboxylic acids is 1. The Morgan fingerprint density at radius 3 is 2.73 bits per heavy atom. The molecular formula is C19H19NO2. The van der Waals surface area contributed by atoms with E-state index in [9.17, 15) is 4.79 Å². The number of pyridine rings is 1. The van der Waals surface area contributed by atoms with Crippen molar-refractivity contribution in [3.05, 3.63) is 59.9 Å². The van der Waals surface area contributed by atoms with E-state index in [1.165, 1.54) is 5.56 Å². The zero-order chi connectivity index (χ0) is 15.5. The molecule has 22 heavy (non-hydrogen) atoms. The monoisotopic (exact) mass is 293 g/mol. The number of aryl methyl sites for hydroxylation is 1. The van der Waals surface area contributed by atoms with E-state index in [1.54, 1.807) is 7.11 Å². The van der Waals surface area contributed by atoms with Crippen molar-refractivity contribution in [2.24, 2.45) is 0 Å². The van der Waals surface area contributed by atoms with Gasteiger partial charge in [0.15, 0.2) is 6.29 Å². The molecule has 112 valence electrons. The number of fused-ring (bicyclic) bond motifs is 1. The second-order valence-electron chi connectivity index (χ2n) is 5.34. The van der Waals surface area contributed by atoms with Crippen LogP contribution in [0.5, 0.6) is 5.75 Å². The minimum atomic E-state index is 0.655. The van der Waals surface area contributed by atoms with E-state index in [0.717, 1.165) is 41.5 Å². The average molecular weight is 293 g/mol. The first-order valence-corrected chi connectivity index (χ1v) is 7.51. The van der Waals surface area contributed by atoms with Crippen LogP contribution in [-0.4, -0.2) is 17.8 Å². The highest BCUT2D eigenvalue weighted by atomic mass is 16.5. The van der Waals surface area contributed by atoms with Gasteiger partial charge in [0.05, 0.1) is 12.8 Å². The van der Waals surface area contributed by atoms with Crippen LogP contribution < -0.4 is 4.74 Å². The Morgan fingerprint density at radius 1 is 1.14 bits per heavy atom. The summed E-state index contributed by atoms with van der Waals surface area (Å²) in [6.45, 7) is 2.16. The van der Waals surface area contributed by atoms with Crippen LogP contribution in [0.25, 0.3) is 16.6 Å². The minimum absolute atomic E-state index is 0.655. The molecule has 3 rings (SSSR count). The fourth-order valence-electron chi connectivity index (χ4n) is 2.89. The number of benzene rings is 1. The van der Waals surface area contributed by atoms with Crippen molar-refractivity contribution < 1.29 is 9.53 Å². The second kappa shape index (κ2) is 6.06. The first kappa shape index (κ1) is 14.4. The fraction of sp³-hybridized carbons (Fsp3) is 0.211. The molecule has 0 atom stereocenters. The van der Waals surface area contributed by atoms with Crippen LogP contribution in [0.4, 0.5) is 0 Å². The van der Waals surface area contributed by atoms with Crippen LogP contribution >= 0.6 is 0 Å². The molecule has 0 aliphatic carbocycles. The van der Waals surface area contributed by atoms with E-state index in [2.05, 4.69) is 19.1 Å². The second-order valence-corrected chi connectivity index (χ2v) is 5.34. The van der Waals surface area contributed by atoms with E-state index in [-0.39, 0.29) is 0 Å². The average Bonchev–Trinajstić information content (AvgIpc) is 2.93. The van der Waals surface area contributed by atoms with Gasteiger partial charge in [0.25, 0.3) is 0 Å². The van der Waals surface area contributed by atoms with Crippen LogP contribution in [0.2, 0.25) is 0 Å². The SMILES string of the molecule is CCCc1ccc(OC)c(-c2cc3ccccn3c2C=O)c1. The number of rotatable bonds is 5. The summed E-state index contributed by atoms with van der Waals surface area (Å²) in [7, 11) is 1.66. The first-order chi connectivity index (χ1) is 10.8. The molecule has 2 heterocycles. The number of aldehydes is 1. The highest BCUT2D eigenvalue weighted by molar-refractivity contribution is 5.91. The lowest BCUT2D eigenvalue weighted by Crippen LogP contribution is -1.95. The third-order valence-electron chi connectivity index (χ3n) is 3.92. The molecular weight excluding hydrogens is 274 g/mol. The Morgan fingerprint density at radius 2 is 2.00 bits per heavy atom. The number of nitrogens with zero attached hydrogens (tertiary/aromatic N) is 1. The Balaban J connectivity index is 2.25. The summed E-state index contributed by atoms with van der Waals surface area (Å²) in [5, 5.41) is 0. The Bertz CT molecular complexity index is 817. The third-order valence-corrected chi connectivity index (χ3v) is 3.92. The van der Waals surface area contributed by atoms with Crippen molar-refractivity contribution in [2.75, 3.05) is 7.11 Å². The van der Waals surface area contributed by atoms with E-state index in [1.807, 2.05) is 40.9 Å². The van der Waals surface area contributed by atoms with E-state index in [0.29, 0.717) is 5.69 Å². The van der Waals surface area contributed by atoms with Gasteiger partial charge in [0.2, 0.25) is 0 Å². The fourth-order valence-corrected chi connectivity index (χ4v) is 2.89. The van der Waals surface area contributed by atoms with Gasteiger partial charge in [-0.25, -0.2) is 0 Å². The molecule has 0 fully saturated rings. The number of aromatic nitrogens is 1. The molecule has 0 bridgehead atoms. The van der Waals surface area contributed by atoms with Crippen molar-refractivity contribution >= 4 is 11.8 Å². The maximum Gasteiger partial charge on any atom is 0.167 e. The van der Waals surface area contributed by atoms with Crippen LogP contribution in [0.3, 0.4) is 0 Å². The molecule has 0 radical (unpaired) electrons. The predicted octanol–water partition coefficient (Wildman–Crippen LogP) is 4.38. The molecule has 0 amide bonds. The van der Waals surface area contributed by atoms with Crippen LogP contribution in [0.1, 0.15) is 29.4 Å². The lowest BCUT2D eigenvalue weighted by molar-refractivity contribution is 0.111. The summed E-state index contributed by atoms with van der Waals surface area (Å²) in [5.74, 6) is 0.791. The van der Waals surface area contributed by atoms with E-state index >= 15 is 0 Å². The molecule has 0 aliphatic rings. The van der Waals surface area contributed by atoms with Crippen molar-refractivity contribution in [1.29, 1.82) is 0 Å². The van der Waals surface area contributed by atoms with Crippen molar-refractivity contribution in [3.63, 3.8) is 0 Å². The Kier molecular flexibility index (Phi) is 3.96. The maximum absolute atomic E-state index is 11.6. The molecule has 3 nitrogen and oxygen atoms in total. The number of hydrogen-bond donors (Lipinski definition) is 0. The lowest BCUT2D eigenvalue weighted by Gasteiger charge is -2.10. The number of methoxy groups -OCH3 is 1. The molecule has 3 heteroatoms. The quantitative estimate of drug-likeness (QED) is 0.654. The zero-order valence-corrected chi connectivity index (χ0v) is 12.9. The Hall–Kier alpha value is -2.55. The Labute approximate surface area is 130 Å². The van der Waals surface area contributed by atoms with Gasteiger partial charge in [-0.15, -0.1) is 0 Å². The van der Waals surface area contributed by atoms with E-state index < -0.39 is 0 Å². The highest BCUT2D eigenvalue weighted by Gasteiger charge is 2.15. The molecule has 0 unspecified atom stereocenters.